The van der Waals surface area contributed by atoms with E-state index in [9.17, 15) is 0 Å². The number of fused-ring (bicyclic) bond motifs is 1. The van der Waals surface area contributed by atoms with E-state index in [-0.39, 0.29) is 24.0 Å². The van der Waals surface area contributed by atoms with E-state index in [0.717, 1.165) is 45.3 Å². The summed E-state index contributed by atoms with van der Waals surface area (Å²) in [5.74, 6) is 1.08. The summed E-state index contributed by atoms with van der Waals surface area (Å²) in [5.41, 5.74) is 1.38. The molecule has 5 nitrogen and oxygen atoms in total. The molecule has 2 saturated heterocycles. The van der Waals surface area contributed by atoms with Crippen molar-refractivity contribution in [1.29, 1.82) is 0 Å². The highest BCUT2D eigenvalue weighted by atomic mass is 127. The van der Waals surface area contributed by atoms with Crippen LogP contribution in [0.3, 0.4) is 0 Å². The van der Waals surface area contributed by atoms with Crippen molar-refractivity contribution in [3.05, 3.63) is 35.9 Å². The SMILES string of the molecule is CCN=C(NC1CC1)N1CC2OCCN(Cc3ccccc3)C2C1.I. The average molecular weight is 456 g/mol. The van der Waals surface area contributed by atoms with Gasteiger partial charge in [0, 0.05) is 38.8 Å². The number of aliphatic imine (C=N–C) groups is 1. The number of halogens is 1. The molecule has 0 spiro atoms. The largest absolute Gasteiger partial charge is 0.373 e. The van der Waals surface area contributed by atoms with Gasteiger partial charge in [0.25, 0.3) is 0 Å². The second-order valence-electron chi connectivity index (χ2n) is 7.05. The first-order valence-electron chi connectivity index (χ1n) is 9.29. The molecule has 0 amide bonds. The fraction of sp³-hybridized carbons (Fsp3) is 0.632. The Morgan fingerprint density at radius 3 is 2.76 bits per heavy atom. The Hall–Kier alpha value is -0.860. The van der Waals surface area contributed by atoms with Gasteiger partial charge in [-0.05, 0) is 25.3 Å². The van der Waals surface area contributed by atoms with Crippen molar-refractivity contribution in [3.63, 3.8) is 0 Å². The molecule has 138 valence electrons. The molecule has 3 fully saturated rings. The van der Waals surface area contributed by atoms with Crippen LogP contribution in [0.2, 0.25) is 0 Å². The number of hydrogen-bond donors (Lipinski definition) is 1. The third-order valence-corrected chi connectivity index (χ3v) is 5.16. The number of nitrogens with zero attached hydrogens (tertiary/aromatic N) is 3. The average Bonchev–Trinajstić information content (AvgIpc) is 3.31. The minimum Gasteiger partial charge on any atom is -0.373 e. The number of likely N-dealkylation sites (tertiary alicyclic amines) is 1. The fourth-order valence-electron chi connectivity index (χ4n) is 3.74. The highest BCUT2D eigenvalue weighted by Gasteiger charge is 2.41. The van der Waals surface area contributed by atoms with Crippen LogP contribution >= 0.6 is 24.0 Å². The predicted octanol–water partition coefficient (Wildman–Crippen LogP) is 2.32. The van der Waals surface area contributed by atoms with Crippen LogP contribution in [0.1, 0.15) is 25.3 Å². The molecule has 25 heavy (non-hydrogen) atoms. The van der Waals surface area contributed by atoms with Crippen LogP contribution in [0.15, 0.2) is 35.3 Å². The Labute approximate surface area is 167 Å². The lowest BCUT2D eigenvalue weighted by atomic mass is 10.1. The van der Waals surface area contributed by atoms with E-state index < -0.39 is 0 Å². The van der Waals surface area contributed by atoms with Gasteiger partial charge in [-0.2, -0.15) is 0 Å². The van der Waals surface area contributed by atoms with Gasteiger partial charge < -0.3 is 15.0 Å². The number of nitrogens with one attached hydrogen (secondary N) is 1. The van der Waals surface area contributed by atoms with Crippen LogP contribution in [-0.4, -0.2) is 66.7 Å². The minimum atomic E-state index is 0. The zero-order valence-corrected chi connectivity index (χ0v) is 17.3. The van der Waals surface area contributed by atoms with Crippen molar-refractivity contribution in [2.24, 2.45) is 4.99 Å². The van der Waals surface area contributed by atoms with E-state index in [1.165, 1.54) is 18.4 Å². The quantitative estimate of drug-likeness (QED) is 0.429. The summed E-state index contributed by atoms with van der Waals surface area (Å²) in [5, 5.41) is 3.61. The van der Waals surface area contributed by atoms with E-state index in [2.05, 4.69) is 52.4 Å². The first-order chi connectivity index (χ1) is 11.8. The zero-order valence-electron chi connectivity index (χ0n) is 14.9. The summed E-state index contributed by atoms with van der Waals surface area (Å²) >= 11 is 0. The molecule has 2 unspecified atom stereocenters. The molecule has 1 N–H and O–H groups in total. The van der Waals surface area contributed by atoms with E-state index in [1.807, 2.05) is 0 Å². The Morgan fingerprint density at radius 1 is 1.24 bits per heavy atom. The molecular weight excluding hydrogens is 427 g/mol. The normalized spacial score (nSPS) is 26.9. The Kier molecular flexibility index (Phi) is 6.57. The van der Waals surface area contributed by atoms with Gasteiger partial charge in [0.05, 0.1) is 18.8 Å². The van der Waals surface area contributed by atoms with Gasteiger partial charge in [-0.3, -0.25) is 9.89 Å². The van der Waals surface area contributed by atoms with Crippen LogP contribution in [0, 0.1) is 0 Å². The van der Waals surface area contributed by atoms with Gasteiger partial charge in [0.2, 0.25) is 0 Å². The lowest BCUT2D eigenvalue weighted by Gasteiger charge is -2.36. The molecule has 2 heterocycles. The molecule has 2 aliphatic heterocycles. The van der Waals surface area contributed by atoms with Crippen molar-refractivity contribution in [1.82, 2.24) is 15.1 Å². The highest BCUT2D eigenvalue weighted by molar-refractivity contribution is 14.0. The van der Waals surface area contributed by atoms with Crippen LogP contribution in [0.4, 0.5) is 0 Å². The van der Waals surface area contributed by atoms with Gasteiger partial charge in [-0.1, -0.05) is 30.3 Å². The third-order valence-electron chi connectivity index (χ3n) is 5.16. The number of ether oxygens (including phenoxy) is 1. The summed E-state index contributed by atoms with van der Waals surface area (Å²) in [7, 11) is 0. The molecule has 4 rings (SSSR count). The first kappa shape index (κ1) is 18.9. The van der Waals surface area contributed by atoms with Gasteiger partial charge in [-0.25, -0.2) is 0 Å². The van der Waals surface area contributed by atoms with E-state index in [4.69, 9.17) is 9.73 Å². The van der Waals surface area contributed by atoms with Gasteiger partial charge in [0.1, 0.15) is 0 Å². The van der Waals surface area contributed by atoms with Crippen LogP contribution in [0.5, 0.6) is 0 Å². The Morgan fingerprint density at radius 2 is 2.04 bits per heavy atom. The van der Waals surface area contributed by atoms with E-state index in [1.54, 1.807) is 0 Å². The predicted molar refractivity (Wildman–Crippen MR) is 112 cm³/mol. The fourth-order valence-corrected chi connectivity index (χ4v) is 3.74. The maximum absolute atomic E-state index is 6.08. The second kappa shape index (κ2) is 8.68. The molecule has 0 bridgehead atoms. The minimum absolute atomic E-state index is 0. The summed E-state index contributed by atoms with van der Waals surface area (Å²) < 4.78 is 6.08. The van der Waals surface area contributed by atoms with Crippen molar-refractivity contribution in [2.45, 2.75) is 44.5 Å². The van der Waals surface area contributed by atoms with Crippen LogP contribution in [-0.2, 0) is 11.3 Å². The second-order valence-corrected chi connectivity index (χ2v) is 7.05. The maximum Gasteiger partial charge on any atom is 0.194 e. The molecule has 1 saturated carbocycles. The Bertz CT molecular complexity index is 578. The monoisotopic (exact) mass is 456 g/mol. The van der Waals surface area contributed by atoms with Crippen molar-refractivity contribution in [2.75, 3.05) is 32.8 Å². The summed E-state index contributed by atoms with van der Waals surface area (Å²) in [4.78, 5) is 9.70. The number of benzene rings is 1. The third kappa shape index (κ3) is 4.65. The van der Waals surface area contributed by atoms with E-state index in [0.29, 0.717) is 18.2 Å². The van der Waals surface area contributed by atoms with Crippen LogP contribution in [0.25, 0.3) is 0 Å². The molecule has 6 heteroatoms. The van der Waals surface area contributed by atoms with E-state index >= 15 is 0 Å². The molecule has 3 aliphatic rings. The maximum atomic E-state index is 6.08. The van der Waals surface area contributed by atoms with Gasteiger partial charge in [-0.15, -0.1) is 24.0 Å². The number of hydrogen-bond acceptors (Lipinski definition) is 3. The van der Waals surface area contributed by atoms with Crippen molar-refractivity contribution < 1.29 is 4.74 Å². The molecule has 0 aromatic heterocycles. The Balaban J connectivity index is 0.00000182. The lowest BCUT2D eigenvalue weighted by molar-refractivity contribution is -0.0502. The highest BCUT2D eigenvalue weighted by Crippen LogP contribution is 2.26. The summed E-state index contributed by atoms with van der Waals surface area (Å²) in [6, 6.07) is 11.9. The van der Waals surface area contributed by atoms with Crippen LogP contribution < -0.4 is 5.32 Å². The molecule has 1 aromatic rings. The first-order valence-corrected chi connectivity index (χ1v) is 9.29. The topological polar surface area (TPSA) is 40.1 Å². The standard InChI is InChI=1S/C19H28N4O.HI/c1-2-20-19(21-16-8-9-16)23-13-17-18(14-23)24-11-10-22(17)12-15-6-4-3-5-7-15;/h3-7,16-18H,2,8-14H2,1H3,(H,20,21);1H. The molecule has 1 aliphatic carbocycles. The number of rotatable bonds is 4. The number of guanidine groups is 1. The van der Waals surface area contributed by atoms with Gasteiger partial charge in [0.15, 0.2) is 5.96 Å². The molecule has 0 radical (unpaired) electrons. The molecule has 2 atom stereocenters. The summed E-state index contributed by atoms with van der Waals surface area (Å²) in [6.07, 6.45) is 2.85. The lowest BCUT2D eigenvalue weighted by Crippen LogP contribution is -2.50. The van der Waals surface area contributed by atoms with Crippen molar-refractivity contribution in [3.8, 4) is 0 Å². The summed E-state index contributed by atoms with van der Waals surface area (Å²) in [6.45, 7) is 7.75. The zero-order chi connectivity index (χ0) is 16.4. The number of morpholine rings is 1. The van der Waals surface area contributed by atoms with Gasteiger partial charge >= 0.3 is 0 Å². The molecule has 1 aromatic carbocycles. The van der Waals surface area contributed by atoms with Crippen molar-refractivity contribution >= 4 is 29.9 Å². The molecular formula is C19H29IN4O. The smallest absolute Gasteiger partial charge is 0.194 e.